The molecule has 0 radical (unpaired) electrons. The molecule has 0 spiro atoms. The van der Waals surface area contributed by atoms with Crippen molar-refractivity contribution >= 4 is 22.6 Å². The maximum Gasteiger partial charge on any atom is 0.201 e. The van der Waals surface area contributed by atoms with Crippen LogP contribution in [0.4, 0.5) is 8.78 Å². The second-order valence-electron chi connectivity index (χ2n) is 4.64. The van der Waals surface area contributed by atoms with Crippen molar-refractivity contribution in [1.82, 2.24) is 0 Å². The fraction of sp³-hybridized carbons (Fsp3) is 0.600. The van der Waals surface area contributed by atoms with E-state index in [2.05, 4.69) is 6.92 Å². The van der Waals surface area contributed by atoms with Gasteiger partial charge in [0.15, 0.2) is 11.6 Å². The second-order valence-corrected chi connectivity index (χ2v) is 5.81. The van der Waals surface area contributed by atoms with Gasteiger partial charge in [-0.15, -0.1) is 0 Å². The number of ether oxygens (including phenoxy) is 1. The molecular weight excluding hydrogens is 361 g/mol. The topological polar surface area (TPSA) is 9.23 Å². The Morgan fingerprint density at radius 3 is 2.26 bits per heavy atom. The molecule has 108 valence electrons. The summed E-state index contributed by atoms with van der Waals surface area (Å²) in [4.78, 5) is 0. The van der Waals surface area contributed by atoms with Crippen LogP contribution >= 0.6 is 22.6 Å². The van der Waals surface area contributed by atoms with Crippen LogP contribution in [0.25, 0.3) is 0 Å². The Morgan fingerprint density at radius 2 is 1.58 bits per heavy atom. The molecule has 0 saturated heterocycles. The van der Waals surface area contributed by atoms with E-state index in [9.17, 15) is 8.78 Å². The smallest absolute Gasteiger partial charge is 0.201 e. The van der Waals surface area contributed by atoms with Gasteiger partial charge in [-0.3, -0.25) is 0 Å². The van der Waals surface area contributed by atoms with Gasteiger partial charge in [-0.1, -0.05) is 45.4 Å². The average Bonchev–Trinajstić information content (AvgIpc) is 2.41. The highest BCUT2D eigenvalue weighted by Crippen LogP contribution is 2.23. The van der Waals surface area contributed by atoms with Crippen LogP contribution in [0.1, 0.15) is 51.9 Å². The summed E-state index contributed by atoms with van der Waals surface area (Å²) in [6, 6.07) is 3.01. The monoisotopic (exact) mass is 382 g/mol. The largest absolute Gasteiger partial charge is 0.490 e. The molecule has 0 bridgehead atoms. The fourth-order valence-corrected chi connectivity index (χ4v) is 2.28. The first-order chi connectivity index (χ1) is 9.16. The van der Waals surface area contributed by atoms with Crippen molar-refractivity contribution in [2.45, 2.75) is 51.9 Å². The summed E-state index contributed by atoms with van der Waals surface area (Å²) < 4.78 is 32.3. The summed E-state index contributed by atoms with van der Waals surface area (Å²) in [6.07, 6.45) is 8.24. The normalized spacial score (nSPS) is 10.7. The van der Waals surface area contributed by atoms with Crippen LogP contribution in [0, 0.1) is 15.2 Å². The minimum atomic E-state index is -0.880. The maximum absolute atomic E-state index is 13.5. The van der Waals surface area contributed by atoms with Crippen molar-refractivity contribution < 1.29 is 13.5 Å². The number of unbranched alkanes of at least 4 members (excludes halogenated alkanes) is 6. The van der Waals surface area contributed by atoms with Crippen molar-refractivity contribution in [1.29, 1.82) is 0 Å². The number of halogens is 3. The van der Waals surface area contributed by atoms with Gasteiger partial charge in [-0.05, 0) is 41.1 Å². The fourth-order valence-electron chi connectivity index (χ4n) is 1.86. The first-order valence-corrected chi connectivity index (χ1v) is 8.01. The van der Waals surface area contributed by atoms with Crippen LogP contribution in [0.5, 0.6) is 5.75 Å². The summed E-state index contributed by atoms with van der Waals surface area (Å²) in [5, 5.41) is 0. The average molecular weight is 382 g/mol. The molecule has 1 nitrogen and oxygen atoms in total. The zero-order valence-electron chi connectivity index (χ0n) is 11.4. The van der Waals surface area contributed by atoms with Crippen LogP contribution in [0.15, 0.2) is 12.1 Å². The molecule has 1 aromatic carbocycles. The van der Waals surface area contributed by atoms with Crippen LogP contribution in [-0.4, -0.2) is 6.61 Å². The summed E-state index contributed by atoms with van der Waals surface area (Å²) in [6.45, 7) is 2.65. The Labute approximate surface area is 127 Å². The molecule has 0 atom stereocenters. The van der Waals surface area contributed by atoms with E-state index in [0.29, 0.717) is 6.61 Å². The summed E-state index contributed by atoms with van der Waals surface area (Å²) >= 11 is 1.76. The third-order valence-electron chi connectivity index (χ3n) is 3.01. The lowest BCUT2D eigenvalue weighted by Crippen LogP contribution is -2.01. The van der Waals surface area contributed by atoms with E-state index in [4.69, 9.17) is 4.74 Å². The molecule has 1 rings (SSSR count). The van der Waals surface area contributed by atoms with Gasteiger partial charge in [0.05, 0.1) is 10.2 Å². The first-order valence-electron chi connectivity index (χ1n) is 6.93. The van der Waals surface area contributed by atoms with E-state index in [1.54, 1.807) is 22.6 Å². The molecule has 1 aromatic rings. The molecule has 0 amide bonds. The lowest BCUT2D eigenvalue weighted by molar-refractivity contribution is 0.284. The summed E-state index contributed by atoms with van der Waals surface area (Å²) in [5.74, 6) is -1.68. The van der Waals surface area contributed by atoms with Crippen molar-refractivity contribution in [2.24, 2.45) is 0 Å². The zero-order chi connectivity index (χ0) is 14.1. The number of hydrogen-bond acceptors (Lipinski definition) is 1. The van der Waals surface area contributed by atoms with Gasteiger partial charge < -0.3 is 4.74 Å². The third kappa shape index (κ3) is 6.06. The molecule has 0 heterocycles. The van der Waals surface area contributed by atoms with Crippen LogP contribution in [0.3, 0.4) is 0 Å². The lowest BCUT2D eigenvalue weighted by Gasteiger charge is -2.08. The van der Waals surface area contributed by atoms with Crippen molar-refractivity contribution in [3.05, 3.63) is 27.3 Å². The molecule has 4 heteroatoms. The number of rotatable bonds is 9. The van der Waals surface area contributed by atoms with Crippen molar-refractivity contribution in [3.63, 3.8) is 0 Å². The highest BCUT2D eigenvalue weighted by molar-refractivity contribution is 14.1. The van der Waals surface area contributed by atoms with Gasteiger partial charge in [-0.25, -0.2) is 4.39 Å². The minimum absolute atomic E-state index is 0.0175. The predicted molar refractivity (Wildman–Crippen MR) is 82.6 cm³/mol. The Balaban J connectivity index is 2.18. The van der Waals surface area contributed by atoms with E-state index in [1.165, 1.54) is 44.2 Å². The first kappa shape index (κ1) is 16.7. The Bertz CT molecular complexity index is 383. The highest BCUT2D eigenvalue weighted by atomic mass is 127. The molecule has 0 aliphatic rings. The van der Waals surface area contributed by atoms with Gasteiger partial charge in [0.25, 0.3) is 0 Å². The van der Waals surface area contributed by atoms with Crippen molar-refractivity contribution in [3.8, 4) is 5.75 Å². The molecule has 0 aliphatic heterocycles. The summed E-state index contributed by atoms with van der Waals surface area (Å²) in [7, 11) is 0. The molecular formula is C15H21F2IO. The summed E-state index contributed by atoms with van der Waals surface area (Å²) in [5.41, 5.74) is 0. The zero-order valence-corrected chi connectivity index (χ0v) is 13.5. The van der Waals surface area contributed by atoms with Crippen LogP contribution in [0.2, 0.25) is 0 Å². The van der Waals surface area contributed by atoms with Gasteiger partial charge in [0.1, 0.15) is 0 Å². The van der Waals surface area contributed by atoms with Crippen molar-refractivity contribution in [2.75, 3.05) is 6.61 Å². The molecule has 0 fully saturated rings. The highest BCUT2D eigenvalue weighted by Gasteiger charge is 2.12. The van der Waals surface area contributed by atoms with Crippen LogP contribution in [-0.2, 0) is 0 Å². The van der Waals surface area contributed by atoms with Crippen LogP contribution < -0.4 is 4.74 Å². The van der Waals surface area contributed by atoms with Gasteiger partial charge in [0, 0.05) is 0 Å². The lowest BCUT2D eigenvalue weighted by atomic mass is 10.1. The van der Waals surface area contributed by atoms with Gasteiger partial charge in [-0.2, -0.15) is 4.39 Å². The molecule has 19 heavy (non-hydrogen) atoms. The molecule has 0 aromatic heterocycles. The molecule has 0 saturated carbocycles. The molecule has 0 N–H and O–H groups in total. The van der Waals surface area contributed by atoms with Gasteiger partial charge >= 0.3 is 0 Å². The maximum atomic E-state index is 13.5. The predicted octanol–water partition coefficient (Wildman–Crippen LogP) is 5.70. The Morgan fingerprint density at radius 1 is 0.947 bits per heavy atom. The standard InChI is InChI=1S/C15H21F2IO/c1-2-3-4-5-6-7-8-11-19-13-10-9-12(18)14(16)15(13)17/h9-10H,2-8,11H2,1H3. The van der Waals surface area contributed by atoms with Gasteiger partial charge in [0.2, 0.25) is 5.82 Å². The number of benzene rings is 1. The molecule has 0 unspecified atom stereocenters. The van der Waals surface area contributed by atoms with E-state index >= 15 is 0 Å². The Hall–Kier alpha value is -0.390. The SMILES string of the molecule is CCCCCCCCCOc1ccc(I)c(F)c1F. The third-order valence-corrected chi connectivity index (χ3v) is 3.84. The van der Waals surface area contributed by atoms with E-state index in [0.717, 1.165) is 12.8 Å². The van der Waals surface area contributed by atoms with E-state index in [1.807, 2.05) is 0 Å². The second kappa shape index (κ2) is 9.50. The van der Waals surface area contributed by atoms with E-state index < -0.39 is 11.6 Å². The molecule has 0 aliphatic carbocycles. The Kier molecular flexibility index (Phi) is 8.34. The quantitative estimate of drug-likeness (QED) is 0.303. The number of hydrogen-bond donors (Lipinski definition) is 0. The minimum Gasteiger partial charge on any atom is -0.490 e. The van der Waals surface area contributed by atoms with E-state index in [-0.39, 0.29) is 9.32 Å².